The fourth-order valence-corrected chi connectivity index (χ4v) is 4.00. The van der Waals surface area contributed by atoms with E-state index in [0.717, 1.165) is 23.8 Å². The normalized spacial score (nSPS) is 21.7. The summed E-state index contributed by atoms with van der Waals surface area (Å²) in [5.74, 6) is 0. The van der Waals surface area contributed by atoms with E-state index >= 15 is 0 Å². The third kappa shape index (κ3) is 4.63. The van der Waals surface area contributed by atoms with Crippen LogP contribution < -0.4 is 5.32 Å². The molecule has 1 aromatic heterocycles. The van der Waals surface area contributed by atoms with Crippen molar-refractivity contribution in [2.75, 3.05) is 39.3 Å². The van der Waals surface area contributed by atoms with Crippen LogP contribution in [0.3, 0.4) is 0 Å². The number of aromatic nitrogens is 1. The van der Waals surface area contributed by atoms with Crippen molar-refractivity contribution in [1.82, 2.24) is 20.1 Å². The van der Waals surface area contributed by atoms with Gasteiger partial charge >= 0.3 is 0 Å². The monoisotopic (exact) mass is 382 g/mol. The second-order valence-corrected chi connectivity index (χ2v) is 6.90. The standard InChI is InChI=1S/C19H26N4.2ClH/c1-15-12-16(18-4-2-3-5-19(18)21-15)14-22-8-10-23(11-9-22)17-6-7-20-13-17;;/h2-5,12,17,20H,6-11,13-14H2,1H3;2*1H. The van der Waals surface area contributed by atoms with Gasteiger partial charge in [0.15, 0.2) is 0 Å². The van der Waals surface area contributed by atoms with Gasteiger partial charge in [0.1, 0.15) is 0 Å². The van der Waals surface area contributed by atoms with Crippen molar-refractivity contribution in [3.05, 3.63) is 41.6 Å². The van der Waals surface area contributed by atoms with E-state index in [1.165, 1.54) is 56.6 Å². The second kappa shape index (κ2) is 9.15. The highest BCUT2D eigenvalue weighted by molar-refractivity contribution is 5.85. The SMILES string of the molecule is Cc1cc(CN2CCN(C3CCNC3)CC2)c2ccccc2n1.Cl.Cl. The van der Waals surface area contributed by atoms with E-state index in [2.05, 4.69) is 57.4 Å². The molecule has 1 aromatic carbocycles. The summed E-state index contributed by atoms with van der Waals surface area (Å²) in [6.45, 7) is 10.3. The summed E-state index contributed by atoms with van der Waals surface area (Å²) in [5.41, 5.74) is 3.66. The van der Waals surface area contributed by atoms with Crippen LogP contribution in [0.5, 0.6) is 0 Å². The maximum atomic E-state index is 4.66. The average molecular weight is 383 g/mol. The number of fused-ring (bicyclic) bond motifs is 1. The van der Waals surface area contributed by atoms with Gasteiger partial charge in [-0.05, 0) is 37.6 Å². The molecule has 2 fully saturated rings. The van der Waals surface area contributed by atoms with Crippen molar-refractivity contribution in [1.29, 1.82) is 0 Å². The van der Waals surface area contributed by atoms with Crippen molar-refractivity contribution >= 4 is 35.7 Å². The number of pyridine rings is 1. The van der Waals surface area contributed by atoms with Gasteiger partial charge in [0.25, 0.3) is 0 Å². The van der Waals surface area contributed by atoms with Crippen LogP contribution in [0.1, 0.15) is 17.7 Å². The smallest absolute Gasteiger partial charge is 0.0708 e. The number of nitrogens with zero attached hydrogens (tertiary/aromatic N) is 3. The van der Waals surface area contributed by atoms with Crippen molar-refractivity contribution in [3.63, 3.8) is 0 Å². The Hall–Kier alpha value is -0.910. The van der Waals surface area contributed by atoms with Gasteiger partial charge in [-0.3, -0.25) is 14.8 Å². The predicted octanol–water partition coefficient (Wildman–Crippen LogP) is 2.87. The van der Waals surface area contributed by atoms with Gasteiger partial charge in [0, 0.05) is 56.4 Å². The first-order chi connectivity index (χ1) is 11.3. The molecular formula is C19H28Cl2N4. The van der Waals surface area contributed by atoms with Crippen LogP contribution in [-0.4, -0.2) is 60.1 Å². The van der Waals surface area contributed by atoms with Crippen molar-refractivity contribution in [2.24, 2.45) is 0 Å². The zero-order chi connectivity index (χ0) is 15.6. The minimum Gasteiger partial charge on any atom is -0.315 e. The first-order valence-electron chi connectivity index (χ1n) is 8.82. The molecule has 25 heavy (non-hydrogen) atoms. The molecule has 0 bridgehead atoms. The lowest BCUT2D eigenvalue weighted by Gasteiger charge is -2.38. The van der Waals surface area contributed by atoms with Gasteiger partial charge in [-0.15, -0.1) is 24.8 Å². The highest BCUT2D eigenvalue weighted by Gasteiger charge is 2.26. The summed E-state index contributed by atoms with van der Waals surface area (Å²) in [6.07, 6.45) is 1.31. The molecule has 6 heteroatoms. The summed E-state index contributed by atoms with van der Waals surface area (Å²) in [6, 6.07) is 11.5. The van der Waals surface area contributed by atoms with Crippen LogP contribution in [0.15, 0.2) is 30.3 Å². The largest absolute Gasteiger partial charge is 0.315 e. The third-order valence-corrected chi connectivity index (χ3v) is 5.28. The predicted molar refractivity (Wildman–Crippen MR) is 109 cm³/mol. The molecule has 2 aliphatic rings. The number of halogens is 2. The summed E-state index contributed by atoms with van der Waals surface area (Å²) >= 11 is 0. The van der Waals surface area contributed by atoms with E-state index < -0.39 is 0 Å². The van der Waals surface area contributed by atoms with E-state index in [4.69, 9.17) is 0 Å². The number of rotatable bonds is 3. The molecule has 4 rings (SSSR count). The number of hydrogen-bond acceptors (Lipinski definition) is 4. The third-order valence-electron chi connectivity index (χ3n) is 5.28. The zero-order valence-corrected chi connectivity index (χ0v) is 16.4. The van der Waals surface area contributed by atoms with Crippen LogP contribution in [0, 0.1) is 6.92 Å². The molecule has 0 radical (unpaired) electrons. The lowest BCUT2D eigenvalue weighted by atomic mass is 10.1. The minimum absolute atomic E-state index is 0. The molecule has 0 aliphatic carbocycles. The molecule has 3 heterocycles. The molecular weight excluding hydrogens is 355 g/mol. The summed E-state index contributed by atoms with van der Waals surface area (Å²) in [4.78, 5) is 9.93. The van der Waals surface area contributed by atoms with Crippen molar-refractivity contribution in [3.8, 4) is 0 Å². The molecule has 2 aromatic rings. The van der Waals surface area contributed by atoms with E-state index in [9.17, 15) is 0 Å². The Balaban J connectivity index is 0.00000113. The Bertz CT molecular complexity index is 680. The number of nitrogens with one attached hydrogen (secondary N) is 1. The second-order valence-electron chi connectivity index (χ2n) is 6.90. The van der Waals surface area contributed by atoms with Gasteiger partial charge in [-0.25, -0.2) is 0 Å². The van der Waals surface area contributed by atoms with Gasteiger partial charge in [-0.2, -0.15) is 0 Å². The summed E-state index contributed by atoms with van der Waals surface area (Å²) in [5, 5.41) is 4.79. The minimum atomic E-state index is 0. The fourth-order valence-electron chi connectivity index (χ4n) is 4.00. The maximum absolute atomic E-state index is 4.66. The highest BCUT2D eigenvalue weighted by Crippen LogP contribution is 2.21. The molecule has 0 amide bonds. The summed E-state index contributed by atoms with van der Waals surface area (Å²) in [7, 11) is 0. The maximum Gasteiger partial charge on any atom is 0.0708 e. The lowest BCUT2D eigenvalue weighted by molar-refractivity contribution is 0.0984. The van der Waals surface area contributed by atoms with Gasteiger partial charge in [0.05, 0.1) is 5.52 Å². The molecule has 1 atom stereocenters. The Labute approximate surface area is 162 Å². The van der Waals surface area contributed by atoms with Crippen LogP contribution in [0.2, 0.25) is 0 Å². The van der Waals surface area contributed by atoms with Gasteiger partial charge in [0.2, 0.25) is 0 Å². The first-order valence-corrected chi connectivity index (χ1v) is 8.82. The zero-order valence-electron chi connectivity index (χ0n) is 14.8. The number of aryl methyl sites for hydroxylation is 1. The Morgan fingerprint density at radius 1 is 1.12 bits per heavy atom. The molecule has 1 N–H and O–H groups in total. The van der Waals surface area contributed by atoms with Gasteiger partial charge in [-0.1, -0.05) is 18.2 Å². The summed E-state index contributed by atoms with van der Waals surface area (Å²) < 4.78 is 0. The number of piperazine rings is 1. The number of benzene rings is 1. The first kappa shape index (κ1) is 20.4. The highest BCUT2D eigenvalue weighted by atomic mass is 35.5. The number of hydrogen-bond donors (Lipinski definition) is 1. The van der Waals surface area contributed by atoms with Crippen LogP contribution in [0.25, 0.3) is 10.9 Å². The van der Waals surface area contributed by atoms with E-state index in [1.54, 1.807) is 0 Å². The van der Waals surface area contributed by atoms with Crippen LogP contribution in [-0.2, 0) is 6.54 Å². The van der Waals surface area contributed by atoms with Gasteiger partial charge < -0.3 is 5.32 Å². The molecule has 4 nitrogen and oxygen atoms in total. The molecule has 1 unspecified atom stereocenters. The Morgan fingerprint density at radius 2 is 1.88 bits per heavy atom. The Morgan fingerprint density at radius 3 is 2.60 bits per heavy atom. The Kier molecular flexibility index (Phi) is 7.47. The average Bonchev–Trinajstić information content (AvgIpc) is 3.10. The van der Waals surface area contributed by atoms with E-state index in [1.807, 2.05) is 0 Å². The molecule has 0 saturated carbocycles. The van der Waals surface area contributed by atoms with Crippen molar-refractivity contribution < 1.29 is 0 Å². The lowest BCUT2D eigenvalue weighted by Crippen LogP contribution is -2.50. The topological polar surface area (TPSA) is 31.4 Å². The molecule has 138 valence electrons. The van der Waals surface area contributed by atoms with Crippen LogP contribution >= 0.6 is 24.8 Å². The fraction of sp³-hybridized carbons (Fsp3) is 0.526. The number of para-hydroxylation sites is 1. The van der Waals surface area contributed by atoms with Crippen molar-refractivity contribution in [2.45, 2.75) is 25.9 Å². The van der Waals surface area contributed by atoms with E-state index in [-0.39, 0.29) is 24.8 Å². The molecule has 2 saturated heterocycles. The quantitative estimate of drug-likeness (QED) is 0.883. The van der Waals surface area contributed by atoms with Crippen LogP contribution in [0.4, 0.5) is 0 Å². The molecule has 0 spiro atoms. The molecule has 2 aliphatic heterocycles. The van der Waals surface area contributed by atoms with E-state index in [0.29, 0.717) is 0 Å².